The van der Waals surface area contributed by atoms with Gasteiger partial charge in [0, 0.05) is 18.8 Å². The molecule has 0 aromatic rings. The molecule has 1 heterocycles. The highest BCUT2D eigenvalue weighted by Crippen LogP contribution is 2.25. The minimum Gasteiger partial charge on any atom is -0.297 e. The highest BCUT2D eigenvalue weighted by molar-refractivity contribution is 6.00. The van der Waals surface area contributed by atoms with E-state index in [1.165, 1.54) is 11.3 Å². The number of imide groups is 1. The number of hydrogen-bond acceptors (Lipinski definition) is 3. The normalized spacial score (nSPS) is 23.0. The van der Waals surface area contributed by atoms with Crippen LogP contribution in [0.2, 0.25) is 0 Å². The van der Waals surface area contributed by atoms with Crippen molar-refractivity contribution in [2.45, 2.75) is 57.8 Å². The van der Waals surface area contributed by atoms with Gasteiger partial charge in [-0.15, -0.1) is 0 Å². The fourth-order valence-electron chi connectivity index (χ4n) is 2.85. The van der Waals surface area contributed by atoms with Gasteiger partial charge < -0.3 is 0 Å². The van der Waals surface area contributed by atoms with Crippen LogP contribution >= 0.6 is 0 Å². The van der Waals surface area contributed by atoms with Crippen LogP contribution in [0.4, 0.5) is 0 Å². The SMILES string of the molecule is O=C(CN1C(=O)CCCCC1=O)C1CCCCC1. The van der Waals surface area contributed by atoms with E-state index in [0.29, 0.717) is 12.8 Å². The average Bonchev–Trinajstić information content (AvgIpc) is 2.55. The van der Waals surface area contributed by atoms with E-state index in [4.69, 9.17) is 0 Å². The van der Waals surface area contributed by atoms with Gasteiger partial charge in [0.25, 0.3) is 0 Å². The molecule has 4 heteroatoms. The van der Waals surface area contributed by atoms with Crippen molar-refractivity contribution in [2.75, 3.05) is 6.54 Å². The van der Waals surface area contributed by atoms with Gasteiger partial charge in [-0.25, -0.2) is 0 Å². The Morgan fingerprint density at radius 3 is 2.06 bits per heavy atom. The molecular formula is C14H21NO3. The lowest BCUT2D eigenvalue weighted by molar-refractivity contribution is -0.147. The number of rotatable bonds is 3. The fraction of sp³-hybridized carbons (Fsp3) is 0.786. The summed E-state index contributed by atoms with van der Waals surface area (Å²) >= 11 is 0. The molecule has 2 rings (SSSR count). The van der Waals surface area contributed by atoms with Crippen LogP contribution in [-0.2, 0) is 14.4 Å². The van der Waals surface area contributed by atoms with Crippen LogP contribution in [0.25, 0.3) is 0 Å². The van der Waals surface area contributed by atoms with Crippen LogP contribution in [0.5, 0.6) is 0 Å². The average molecular weight is 251 g/mol. The first-order valence-corrected chi connectivity index (χ1v) is 7.04. The number of nitrogens with zero attached hydrogens (tertiary/aromatic N) is 1. The Kier molecular flexibility index (Phi) is 4.50. The largest absolute Gasteiger partial charge is 0.297 e. The smallest absolute Gasteiger partial charge is 0.229 e. The molecule has 0 N–H and O–H groups in total. The minimum atomic E-state index is -0.165. The van der Waals surface area contributed by atoms with E-state index < -0.39 is 0 Å². The van der Waals surface area contributed by atoms with E-state index >= 15 is 0 Å². The van der Waals surface area contributed by atoms with Crippen molar-refractivity contribution in [3.63, 3.8) is 0 Å². The molecule has 2 aliphatic rings. The van der Waals surface area contributed by atoms with Crippen LogP contribution in [-0.4, -0.2) is 29.0 Å². The lowest BCUT2D eigenvalue weighted by Crippen LogP contribution is -2.41. The number of carbonyl (C=O) groups is 3. The number of amides is 2. The van der Waals surface area contributed by atoms with Crippen LogP contribution < -0.4 is 0 Å². The van der Waals surface area contributed by atoms with Crippen LogP contribution in [0.1, 0.15) is 57.8 Å². The lowest BCUT2D eigenvalue weighted by atomic mass is 9.86. The molecule has 0 atom stereocenters. The molecule has 1 aliphatic carbocycles. The van der Waals surface area contributed by atoms with Gasteiger partial charge >= 0.3 is 0 Å². The summed E-state index contributed by atoms with van der Waals surface area (Å²) < 4.78 is 0. The molecule has 1 saturated carbocycles. The monoisotopic (exact) mass is 251 g/mol. The van der Waals surface area contributed by atoms with E-state index in [9.17, 15) is 14.4 Å². The molecule has 1 saturated heterocycles. The molecule has 0 unspecified atom stereocenters. The van der Waals surface area contributed by atoms with Crippen molar-refractivity contribution in [1.29, 1.82) is 0 Å². The maximum Gasteiger partial charge on any atom is 0.229 e. The third-order valence-corrected chi connectivity index (χ3v) is 4.01. The Balaban J connectivity index is 1.95. The molecule has 1 aliphatic heterocycles. The van der Waals surface area contributed by atoms with E-state index in [1.54, 1.807) is 0 Å². The van der Waals surface area contributed by atoms with E-state index in [1.807, 2.05) is 0 Å². The first-order valence-electron chi connectivity index (χ1n) is 7.04. The summed E-state index contributed by atoms with van der Waals surface area (Å²) in [5, 5.41) is 0. The van der Waals surface area contributed by atoms with Crippen molar-refractivity contribution in [3.05, 3.63) is 0 Å². The predicted molar refractivity (Wildman–Crippen MR) is 66.8 cm³/mol. The Morgan fingerprint density at radius 2 is 1.50 bits per heavy atom. The van der Waals surface area contributed by atoms with Crippen molar-refractivity contribution in [2.24, 2.45) is 5.92 Å². The summed E-state index contributed by atoms with van der Waals surface area (Å²) in [5.74, 6) is -0.177. The zero-order valence-electron chi connectivity index (χ0n) is 10.8. The van der Waals surface area contributed by atoms with Crippen molar-refractivity contribution in [3.8, 4) is 0 Å². The minimum absolute atomic E-state index is 0.0162. The van der Waals surface area contributed by atoms with Gasteiger partial charge in [-0.2, -0.15) is 0 Å². The Bertz CT molecular complexity index is 327. The lowest BCUT2D eigenvalue weighted by Gasteiger charge is -2.24. The Labute approximate surface area is 108 Å². The van der Waals surface area contributed by atoms with Gasteiger partial charge in [0.1, 0.15) is 0 Å². The molecule has 18 heavy (non-hydrogen) atoms. The molecule has 0 bridgehead atoms. The molecule has 2 fully saturated rings. The molecular weight excluding hydrogens is 230 g/mol. The quantitative estimate of drug-likeness (QED) is 0.721. The second-order valence-corrected chi connectivity index (χ2v) is 5.38. The second kappa shape index (κ2) is 6.12. The van der Waals surface area contributed by atoms with Crippen LogP contribution in [0, 0.1) is 5.92 Å². The number of carbonyl (C=O) groups excluding carboxylic acids is 3. The third-order valence-electron chi connectivity index (χ3n) is 4.01. The van der Waals surface area contributed by atoms with Gasteiger partial charge in [0.15, 0.2) is 5.78 Å². The number of likely N-dealkylation sites (tertiary alicyclic amines) is 1. The zero-order chi connectivity index (χ0) is 13.0. The summed E-state index contributed by atoms with van der Waals surface area (Å²) in [6.07, 6.45) is 7.58. The molecule has 0 spiro atoms. The molecule has 0 radical (unpaired) electrons. The highest BCUT2D eigenvalue weighted by atomic mass is 16.2. The summed E-state index contributed by atoms with van der Waals surface area (Å²) in [4.78, 5) is 36.9. The van der Waals surface area contributed by atoms with Crippen molar-refractivity contribution < 1.29 is 14.4 Å². The van der Waals surface area contributed by atoms with Gasteiger partial charge in [-0.1, -0.05) is 19.3 Å². The van der Waals surface area contributed by atoms with Crippen LogP contribution in [0.3, 0.4) is 0 Å². The first-order chi connectivity index (χ1) is 8.68. The highest BCUT2D eigenvalue weighted by Gasteiger charge is 2.29. The number of ketones is 1. The standard InChI is InChI=1S/C14H21NO3/c16-12(11-6-2-1-3-7-11)10-15-13(17)8-4-5-9-14(15)18/h11H,1-10H2. The first kappa shape index (κ1) is 13.2. The maximum atomic E-state index is 12.1. The topological polar surface area (TPSA) is 54.5 Å². The summed E-state index contributed by atoms with van der Waals surface area (Å²) in [5.41, 5.74) is 0. The second-order valence-electron chi connectivity index (χ2n) is 5.38. The maximum absolute atomic E-state index is 12.1. The van der Waals surface area contributed by atoms with Crippen LogP contribution in [0.15, 0.2) is 0 Å². The zero-order valence-corrected chi connectivity index (χ0v) is 10.8. The van der Waals surface area contributed by atoms with E-state index in [-0.39, 0.29) is 30.1 Å². The summed E-state index contributed by atoms with van der Waals surface area (Å²) in [7, 11) is 0. The fourth-order valence-corrected chi connectivity index (χ4v) is 2.85. The molecule has 4 nitrogen and oxygen atoms in total. The molecule has 2 amide bonds. The predicted octanol–water partition coefficient (Wildman–Crippen LogP) is 2.06. The molecule has 0 aromatic heterocycles. The van der Waals surface area contributed by atoms with E-state index in [0.717, 1.165) is 38.5 Å². The Morgan fingerprint density at radius 1 is 0.944 bits per heavy atom. The van der Waals surface area contributed by atoms with Gasteiger partial charge in [0.05, 0.1) is 6.54 Å². The molecule has 0 aromatic carbocycles. The van der Waals surface area contributed by atoms with Gasteiger partial charge in [-0.3, -0.25) is 19.3 Å². The number of Topliss-reactive ketones (excluding diaryl/α,β-unsaturated/α-hetero) is 1. The van der Waals surface area contributed by atoms with E-state index in [2.05, 4.69) is 0 Å². The summed E-state index contributed by atoms with van der Waals surface area (Å²) in [6.45, 7) is 0.0162. The Hall–Kier alpha value is -1.19. The summed E-state index contributed by atoms with van der Waals surface area (Å²) in [6, 6.07) is 0. The van der Waals surface area contributed by atoms with Gasteiger partial charge in [0.2, 0.25) is 11.8 Å². The van der Waals surface area contributed by atoms with Gasteiger partial charge in [-0.05, 0) is 25.7 Å². The number of hydrogen-bond donors (Lipinski definition) is 0. The van der Waals surface area contributed by atoms with Crippen molar-refractivity contribution in [1.82, 2.24) is 4.90 Å². The third kappa shape index (κ3) is 3.18. The molecule has 100 valence electrons. The van der Waals surface area contributed by atoms with Crippen molar-refractivity contribution >= 4 is 17.6 Å².